The summed E-state index contributed by atoms with van der Waals surface area (Å²) < 4.78 is 5.36. The van der Waals surface area contributed by atoms with Crippen LogP contribution in [0.15, 0.2) is 24.3 Å². The van der Waals surface area contributed by atoms with Crippen molar-refractivity contribution in [3.63, 3.8) is 0 Å². The van der Waals surface area contributed by atoms with Gasteiger partial charge in [0.05, 0.1) is 12.0 Å². The van der Waals surface area contributed by atoms with Gasteiger partial charge in [0.25, 0.3) is 5.91 Å². The van der Waals surface area contributed by atoms with Crippen LogP contribution in [0, 0.1) is 5.92 Å². The van der Waals surface area contributed by atoms with Crippen LogP contribution in [-0.4, -0.2) is 42.1 Å². The molecule has 3 N–H and O–H groups in total. The predicted octanol–water partition coefficient (Wildman–Crippen LogP) is 0.864. The Hall–Kier alpha value is -2.41. The van der Waals surface area contributed by atoms with Crippen molar-refractivity contribution in [3.05, 3.63) is 29.8 Å². The zero-order valence-electron chi connectivity index (χ0n) is 12.2. The lowest BCUT2D eigenvalue weighted by Crippen LogP contribution is -2.29. The van der Waals surface area contributed by atoms with Gasteiger partial charge < -0.3 is 20.5 Å². The third-order valence-electron chi connectivity index (χ3n) is 3.26. The molecule has 2 unspecified atom stereocenters. The zero-order valence-corrected chi connectivity index (χ0v) is 12.2. The summed E-state index contributed by atoms with van der Waals surface area (Å²) in [5.41, 5.74) is 0.916. The number of rotatable bonds is 7. The normalized spacial score (nSPS) is 19.3. The molecule has 0 bridgehead atoms. The van der Waals surface area contributed by atoms with Crippen LogP contribution in [-0.2, 0) is 14.3 Å². The molecule has 0 aromatic heterocycles. The fraction of sp³-hybridized carbons (Fsp3) is 0.400. The second-order valence-corrected chi connectivity index (χ2v) is 4.98. The number of nitrogens with one attached hydrogen (secondary N) is 2. The van der Waals surface area contributed by atoms with E-state index in [1.54, 1.807) is 12.1 Å². The summed E-state index contributed by atoms with van der Waals surface area (Å²) >= 11 is 0. The number of carboxylic acids is 1. The predicted molar refractivity (Wildman–Crippen MR) is 78.6 cm³/mol. The number of ether oxygens (including phenoxy) is 1. The third-order valence-corrected chi connectivity index (χ3v) is 3.26. The lowest BCUT2D eigenvalue weighted by Gasteiger charge is -2.07. The molecule has 7 heteroatoms. The van der Waals surface area contributed by atoms with E-state index in [4.69, 9.17) is 9.84 Å². The van der Waals surface area contributed by atoms with Crippen molar-refractivity contribution in [1.29, 1.82) is 0 Å². The molecule has 0 radical (unpaired) electrons. The molecule has 0 saturated heterocycles. The minimum absolute atomic E-state index is 0.00562. The molecular formula is C15H18N2O5. The number of benzene rings is 1. The molecule has 2 amide bonds. The highest BCUT2D eigenvalue weighted by molar-refractivity contribution is 5.97. The Labute approximate surface area is 127 Å². The van der Waals surface area contributed by atoms with Crippen LogP contribution in [0.3, 0.4) is 0 Å². The Kier molecular flexibility index (Phi) is 5.11. The zero-order chi connectivity index (χ0) is 16.1. The van der Waals surface area contributed by atoms with Crippen LogP contribution >= 0.6 is 0 Å². The third kappa shape index (κ3) is 4.29. The van der Waals surface area contributed by atoms with Gasteiger partial charge in [-0.3, -0.25) is 14.4 Å². The summed E-state index contributed by atoms with van der Waals surface area (Å²) in [5.74, 6) is -1.79. The molecule has 1 aliphatic carbocycles. The van der Waals surface area contributed by atoms with Crippen molar-refractivity contribution in [2.45, 2.75) is 19.4 Å². The van der Waals surface area contributed by atoms with Gasteiger partial charge in [-0.1, -0.05) is 0 Å². The summed E-state index contributed by atoms with van der Waals surface area (Å²) in [6, 6.07) is 6.26. The molecular weight excluding hydrogens is 288 g/mol. The summed E-state index contributed by atoms with van der Waals surface area (Å²) in [4.78, 5) is 33.9. The van der Waals surface area contributed by atoms with Gasteiger partial charge in [0, 0.05) is 17.9 Å². The molecule has 1 saturated carbocycles. The molecule has 0 spiro atoms. The average Bonchev–Trinajstić information content (AvgIpc) is 3.25. The summed E-state index contributed by atoms with van der Waals surface area (Å²) in [7, 11) is 0. The van der Waals surface area contributed by atoms with Crippen LogP contribution in [0.2, 0.25) is 0 Å². The van der Waals surface area contributed by atoms with Crippen molar-refractivity contribution in [2.24, 2.45) is 5.92 Å². The minimum Gasteiger partial charge on any atom is -0.480 e. The number of hydrogen-bond acceptors (Lipinski definition) is 4. The SMILES string of the molecule is CCOC1CC1C(=O)Nc1ccc(C(=O)NCC(=O)O)cc1. The first-order valence-corrected chi connectivity index (χ1v) is 7.03. The molecule has 2 rings (SSSR count). The van der Waals surface area contributed by atoms with E-state index in [0.717, 1.165) is 6.42 Å². The second kappa shape index (κ2) is 7.04. The van der Waals surface area contributed by atoms with Gasteiger partial charge in [-0.05, 0) is 37.6 Å². The maximum absolute atomic E-state index is 11.9. The van der Waals surface area contributed by atoms with Crippen molar-refractivity contribution >= 4 is 23.5 Å². The monoisotopic (exact) mass is 306 g/mol. The first-order chi connectivity index (χ1) is 10.5. The number of carboxylic acid groups (broad SMARTS) is 1. The fourth-order valence-electron chi connectivity index (χ4n) is 2.04. The quantitative estimate of drug-likeness (QED) is 0.693. The van der Waals surface area contributed by atoms with E-state index >= 15 is 0 Å². The Morgan fingerprint density at radius 2 is 1.95 bits per heavy atom. The molecule has 1 aliphatic rings. The smallest absolute Gasteiger partial charge is 0.322 e. The van der Waals surface area contributed by atoms with Gasteiger partial charge in [0.15, 0.2) is 0 Å². The van der Waals surface area contributed by atoms with E-state index in [9.17, 15) is 14.4 Å². The van der Waals surface area contributed by atoms with Crippen molar-refractivity contribution in [3.8, 4) is 0 Å². The van der Waals surface area contributed by atoms with Gasteiger partial charge in [-0.15, -0.1) is 0 Å². The Morgan fingerprint density at radius 3 is 2.55 bits per heavy atom. The lowest BCUT2D eigenvalue weighted by atomic mass is 10.2. The average molecular weight is 306 g/mol. The lowest BCUT2D eigenvalue weighted by molar-refractivity contribution is -0.135. The minimum atomic E-state index is -1.11. The van der Waals surface area contributed by atoms with Crippen molar-refractivity contribution in [1.82, 2.24) is 5.32 Å². The highest BCUT2D eigenvalue weighted by atomic mass is 16.5. The Balaban J connectivity index is 1.85. The molecule has 0 heterocycles. The summed E-state index contributed by atoms with van der Waals surface area (Å²) in [5, 5.41) is 13.5. The topological polar surface area (TPSA) is 105 Å². The van der Waals surface area contributed by atoms with Crippen LogP contribution in [0.5, 0.6) is 0 Å². The molecule has 7 nitrogen and oxygen atoms in total. The second-order valence-electron chi connectivity index (χ2n) is 4.98. The number of carbonyl (C=O) groups excluding carboxylic acids is 2. The maximum Gasteiger partial charge on any atom is 0.322 e. The largest absolute Gasteiger partial charge is 0.480 e. The van der Waals surface area contributed by atoms with Crippen LogP contribution in [0.1, 0.15) is 23.7 Å². The standard InChI is InChI=1S/C15H18N2O5/c1-2-22-12-7-11(12)15(21)17-10-5-3-9(4-6-10)14(20)16-8-13(18)19/h3-6,11-12H,2,7-8H2,1H3,(H,16,20)(H,17,21)(H,18,19). The van der Waals surface area contributed by atoms with Gasteiger partial charge in [-0.2, -0.15) is 0 Å². The molecule has 2 atom stereocenters. The first-order valence-electron chi connectivity index (χ1n) is 7.03. The van der Waals surface area contributed by atoms with E-state index in [2.05, 4.69) is 10.6 Å². The molecule has 22 heavy (non-hydrogen) atoms. The summed E-state index contributed by atoms with van der Waals surface area (Å²) in [6.45, 7) is 2.05. The number of amides is 2. The maximum atomic E-state index is 11.9. The molecule has 1 aromatic rings. The van der Waals surface area contributed by atoms with E-state index in [-0.39, 0.29) is 17.9 Å². The first kappa shape index (κ1) is 16.0. The van der Waals surface area contributed by atoms with Crippen molar-refractivity contribution < 1.29 is 24.2 Å². The summed E-state index contributed by atoms with van der Waals surface area (Å²) in [6.07, 6.45) is 0.737. The Morgan fingerprint density at radius 1 is 1.27 bits per heavy atom. The van der Waals surface area contributed by atoms with Gasteiger partial charge >= 0.3 is 5.97 Å². The van der Waals surface area contributed by atoms with Crippen LogP contribution in [0.4, 0.5) is 5.69 Å². The van der Waals surface area contributed by atoms with E-state index in [1.807, 2.05) is 6.92 Å². The van der Waals surface area contributed by atoms with E-state index < -0.39 is 18.4 Å². The van der Waals surface area contributed by atoms with Gasteiger partial charge in [-0.25, -0.2) is 0 Å². The number of hydrogen-bond donors (Lipinski definition) is 3. The number of aliphatic carboxylic acids is 1. The van der Waals surface area contributed by atoms with Crippen molar-refractivity contribution in [2.75, 3.05) is 18.5 Å². The highest BCUT2D eigenvalue weighted by Gasteiger charge is 2.43. The Bertz CT molecular complexity index is 570. The molecule has 1 aromatic carbocycles. The molecule has 118 valence electrons. The van der Waals surface area contributed by atoms with Gasteiger partial charge in [0.2, 0.25) is 5.91 Å². The van der Waals surface area contributed by atoms with E-state index in [0.29, 0.717) is 17.9 Å². The van der Waals surface area contributed by atoms with Crippen LogP contribution in [0.25, 0.3) is 0 Å². The van der Waals surface area contributed by atoms with E-state index in [1.165, 1.54) is 12.1 Å². The number of carbonyl (C=O) groups is 3. The number of anilines is 1. The molecule has 0 aliphatic heterocycles. The molecule has 1 fully saturated rings. The fourth-order valence-corrected chi connectivity index (χ4v) is 2.04. The van der Waals surface area contributed by atoms with Crippen LogP contribution < -0.4 is 10.6 Å². The highest BCUT2D eigenvalue weighted by Crippen LogP contribution is 2.34. The van der Waals surface area contributed by atoms with Gasteiger partial charge in [0.1, 0.15) is 6.54 Å².